The minimum atomic E-state index is -3.72. The summed E-state index contributed by atoms with van der Waals surface area (Å²) in [7, 11) is -2.49. The topological polar surface area (TPSA) is 92.8 Å². The van der Waals surface area contributed by atoms with Gasteiger partial charge in [-0.15, -0.1) is 0 Å². The van der Waals surface area contributed by atoms with E-state index in [9.17, 15) is 18.0 Å². The lowest BCUT2D eigenvalue weighted by Crippen LogP contribution is -2.37. The molecule has 2 aromatic carbocycles. The summed E-state index contributed by atoms with van der Waals surface area (Å²) < 4.78 is 30.9. The number of aryl methyl sites for hydroxylation is 1. The Morgan fingerprint density at radius 1 is 1.21 bits per heavy atom. The maximum atomic E-state index is 12.5. The molecule has 1 N–H and O–H groups in total. The van der Waals surface area contributed by atoms with Gasteiger partial charge in [0.25, 0.3) is 0 Å². The third kappa shape index (κ3) is 5.46. The van der Waals surface area contributed by atoms with Gasteiger partial charge in [0.05, 0.1) is 35.3 Å². The van der Waals surface area contributed by atoms with Gasteiger partial charge < -0.3 is 10.1 Å². The number of hydrogen-bond acceptors (Lipinski definition) is 5. The van der Waals surface area contributed by atoms with Gasteiger partial charge in [-0.1, -0.05) is 27.5 Å². The second-order valence-corrected chi connectivity index (χ2v) is 9.11. The Labute approximate surface area is 176 Å². The highest BCUT2D eigenvalue weighted by atomic mass is 79.9. The molecule has 2 rings (SSSR count). The first kappa shape index (κ1) is 22.2. The molecular weight excluding hydrogens is 472 g/mol. The zero-order chi connectivity index (χ0) is 21.1. The highest BCUT2D eigenvalue weighted by Gasteiger charge is 2.22. The normalized spacial score (nSPS) is 11.0. The van der Waals surface area contributed by atoms with Crippen LogP contribution < -0.4 is 9.62 Å². The van der Waals surface area contributed by atoms with Crippen molar-refractivity contribution in [3.8, 4) is 0 Å². The first-order valence-corrected chi connectivity index (χ1v) is 11.0. The molecular formula is C18H18BrClN2O5S. The Kier molecular flexibility index (Phi) is 7.08. The van der Waals surface area contributed by atoms with E-state index in [1.54, 1.807) is 18.2 Å². The highest BCUT2D eigenvalue weighted by molar-refractivity contribution is 9.10. The molecule has 0 aromatic heterocycles. The standard InChI is InChI=1S/C18H18BrClN2O5S/c1-11-8-13(5-6-14(11)19)22(28(3,25)26)10-17(23)21-16-9-12(18(24)27-2)4-7-15(16)20/h4-9H,10H2,1-3H3,(H,21,23). The first-order valence-electron chi connectivity index (χ1n) is 7.94. The molecule has 28 heavy (non-hydrogen) atoms. The van der Waals surface area contributed by atoms with Crippen LogP contribution in [0.5, 0.6) is 0 Å². The number of carbonyl (C=O) groups excluding carboxylic acids is 2. The molecule has 0 radical (unpaired) electrons. The summed E-state index contributed by atoms with van der Waals surface area (Å²) in [6.07, 6.45) is 1.02. The van der Waals surface area contributed by atoms with Gasteiger partial charge in [-0.25, -0.2) is 13.2 Å². The average molecular weight is 490 g/mol. The number of nitrogens with one attached hydrogen (secondary N) is 1. The molecule has 2 aromatic rings. The van der Waals surface area contributed by atoms with Gasteiger partial charge in [-0.2, -0.15) is 0 Å². The van der Waals surface area contributed by atoms with E-state index in [0.29, 0.717) is 5.69 Å². The molecule has 0 aliphatic heterocycles. The fraction of sp³-hybridized carbons (Fsp3) is 0.222. The summed E-state index contributed by atoms with van der Waals surface area (Å²) in [5.74, 6) is -1.20. The molecule has 0 aliphatic rings. The van der Waals surface area contributed by atoms with Crippen molar-refractivity contribution in [3.63, 3.8) is 0 Å². The summed E-state index contributed by atoms with van der Waals surface area (Å²) >= 11 is 9.42. The van der Waals surface area contributed by atoms with Gasteiger partial charge in [-0.05, 0) is 48.9 Å². The van der Waals surface area contributed by atoms with E-state index >= 15 is 0 Å². The predicted octanol–water partition coefficient (Wildman–Crippen LogP) is 3.60. The largest absolute Gasteiger partial charge is 0.465 e. The Hall–Kier alpha value is -2.10. The summed E-state index contributed by atoms with van der Waals surface area (Å²) in [6, 6.07) is 9.21. The van der Waals surface area contributed by atoms with E-state index in [-0.39, 0.29) is 16.3 Å². The molecule has 0 saturated carbocycles. The number of anilines is 2. The first-order chi connectivity index (χ1) is 13.0. The van der Waals surface area contributed by atoms with Crippen molar-refractivity contribution in [2.45, 2.75) is 6.92 Å². The number of sulfonamides is 1. The molecule has 10 heteroatoms. The number of benzene rings is 2. The van der Waals surface area contributed by atoms with E-state index < -0.39 is 28.4 Å². The second kappa shape index (κ2) is 8.93. The monoisotopic (exact) mass is 488 g/mol. The minimum absolute atomic E-state index is 0.176. The summed E-state index contributed by atoms with van der Waals surface area (Å²) in [5, 5.41) is 2.73. The maximum Gasteiger partial charge on any atom is 0.337 e. The van der Waals surface area contributed by atoms with Crippen LogP contribution in [0.3, 0.4) is 0 Å². The van der Waals surface area contributed by atoms with Gasteiger partial charge in [0.1, 0.15) is 6.54 Å². The number of carbonyl (C=O) groups is 2. The van der Waals surface area contributed by atoms with E-state index in [0.717, 1.165) is 20.6 Å². The lowest BCUT2D eigenvalue weighted by Gasteiger charge is -2.22. The van der Waals surface area contributed by atoms with Gasteiger partial charge >= 0.3 is 5.97 Å². The van der Waals surface area contributed by atoms with Crippen LogP contribution in [0.25, 0.3) is 0 Å². The number of esters is 1. The number of halogens is 2. The van der Waals surface area contributed by atoms with Crippen molar-refractivity contribution in [1.29, 1.82) is 0 Å². The number of amides is 1. The Morgan fingerprint density at radius 2 is 1.89 bits per heavy atom. The van der Waals surface area contributed by atoms with E-state index in [1.165, 1.54) is 25.3 Å². The predicted molar refractivity (Wildman–Crippen MR) is 112 cm³/mol. The van der Waals surface area contributed by atoms with Crippen LogP contribution in [0.1, 0.15) is 15.9 Å². The maximum absolute atomic E-state index is 12.5. The molecule has 0 aliphatic carbocycles. The third-order valence-corrected chi connectivity index (χ3v) is 6.14. The van der Waals surface area contributed by atoms with Crippen molar-refractivity contribution in [2.75, 3.05) is 29.5 Å². The van der Waals surface area contributed by atoms with Crippen molar-refractivity contribution in [1.82, 2.24) is 0 Å². The van der Waals surface area contributed by atoms with Crippen LogP contribution in [-0.2, 0) is 19.6 Å². The van der Waals surface area contributed by atoms with Crippen LogP contribution in [0.4, 0.5) is 11.4 Å². The van der Waals surface area contributed by atoms with Gasteiger partial charge in [-0.3, -0.25) is 9.10 Å². The summed E-state index contributed by atoms with van der Waals surface area (Å²) in [4.78, 5) is 24.1. The van der Waals surface area contributed by atoms with Crippen LogP contribution in [0.2, 0.25) is 5.02 Å². The van der Waals surface area contributed by atoms with Crippen molar-refractivity contribution < 1.29 is 22.7 Å². The molecule has 0 saturated heterocycles. The van der Waals surface area contributed by atoms with Crippen molar-refractivity contribution >= 4 is 60.8 Å². The Bertz CT molecular complexity index is 1030. The molecule has 0 atom stereocenters. The van der Waals surface area contributed by atoms with E-state index in [4.69, 9.17) is 11.6 Å². The summed E-state index contributed by atoms with van der Waals surface area (Å²) in [6.45, 7) is 1.35. The molecule has 0 unspecified atom stereocenters. The number of methoxy groups -OCH3 is 1. The third-order valence-electron chi connectivity index (χ3n) is 3.78. The lowest BCUT2D eigenvalue weighted by atomic mass is 10.2. The molecule has 0 heterocycles. The smallest absolute Gasteiger partial charge is 0.337 e. The van der Waals surface area contributed by atoms with Crippen molar-refractivity contribution in [2.24, 2.45) is 0 Å². The SMILES string of the molecule is COC(=O)c1ccc(Cl)c(NC(=O)CN(c2ccc(Br)c(C)c2)S(C)(=O)=O)c1. The van der Waals surface area contributed by atoms with Crippen LogP contribution in [0, 0.1) is 6.92 Å². The van der Waals surface area contributed by atoms with E-state index in [1.807, 2.05) is 6.92 Å². The molecule has 150 valence electrons. The fourth-order valence-electron chi connectivity index (χ4n) is 2.37. The zero-order valence-corrected chi connectivity index (χ0v) is 18.5. The molecule has 0 bridgehead atoms. The fourth-order valence-corrected chi connectivity index (χ4v) is 3.63. The Balaban J connectivity index is 2.28. The molecule has 1 amide bonds. The lowest BCUT2D eigenvalue weighted by molar-refractivity contribution is -0.114. The zero-order valence-electron chi connectivity index (χ0n) is 15.3. The molecule has 7 nitrogen and oxygen atoms in total. The quantitative estimate of drug-likeness (QED) is 0.626. The molecule has 0 spiro atoms. The highest BCUT2D eigenvalue weighted by Crippen LogP contribution is 2.26. The molecule has 0 fully saturated rings. The number of hydrogen-bond donors (Lipinski definition) is 1. The minimum Gasteiger partial charge on any atom is -0.465 e. The van der Waals surface area contributed by atoms with E-state index in [2.05, 4.69) is 26.0 Å². The van der Waals surface area contributed by atoms with Gasteiger partial charge in [0.15, 0.2) is 0 Å². The number of ether oxygens (including phenoxy) is 1. The summed E-state index contributed by atoms with van der Waals surface area (Å²) in [5.41, 5.74) is 1.55. The second-order valence-electron chi connectivity index (χ2n) is 5.94. The van der Waals surface area contributed by atoms with Crippen LogP contribution in [0.15, 0.2) is 40.9 Å². The van der Waals surface area contributed by atoms with Gasteiger partial charge in [0, 0.05) is 4.47 Å². The van der Waals surface area contributed by atoms with Crippen LogP contribution in [-0.4, -0.2) is 40.2 Å². The van der Waals surface area contributed by atoms with Crippen molar-refractivity contribution in [3.05, 3.63) is 57.0 Å². The number of nitrogens with zero attached hydrogens (tertiary/aromatic N) is 1. The van der Waals surface area contributed by atoms with Crippen LogP contribution >= 0.6 is 27.5 Å². The Morgan fingerprint density at radius 3 is 2.46 bits per heavy atom. The average Bonchev–Trinajstić information content (AvgIpc) is 2.62. The number of rotatable bonds is 6. The van der Waals surface area contributed by atoms with Gasteiger partial charge in [0.2, 0.25) is 15.9 Å².